The summed E-state index contributed by atoms with van der Waals surface area (Å²) in [5.74, 6) is 0.463. The second kappa shape index (κ2) is 6.72. The van der Waals surface area contributed by atoms with Crippen molar-refractivity contribution in [1.29, 1.82) is 0 Å². The van der Waals surface area contributed by atoms with E-state index in [1.807, 2.05) is 12.3 Å². The molecule has 0 bridgehead atoms. The van der Waals surface area contributed by atoms with Gasteiger partial charge in [0.1, 0.15) is 22.0 Å². The number of nitrogens with zero attached hydrogens (tertiary/aromatic N) is 4. The van der Waals surface area contributed by atoms with E-state index in [4.69, 9.17) is 0 Å². The maximum Gasteiger partial charge on any atom is 0.320 e. The summed E-state index contributed by atoms with van der Waals surface area (Å²) in [4.78, 5) is 29.8. The first kappa shape index (κ1) is 15.9. The number of fused-ring (bicyclic) bond motifs is 1. The van der Waals surface area contributed by atoms with E-state index >= 15 is 0 Å². The Kier molecular flexibility index (Phi) is 4.27. The molecule has 2 N–H and O–H groups in total. The highest BCUT2D eigenvalue weighted by Gasteiger charge is 2.17. The SMILES string of the molecule is Cc1csc(-c2cnc3ccc(NC(=O)NC4CCCC4)nc3n2)n1. The molecule has 3 heterocycles. The Labute approximate surface area is 148 Å². The van der Waals surface area contributed by atoms with Gasteiger partial charge < -0.3 is 5.32 Å². The number of thiazole rings is 1. The maximum atomic E-state index is 12.1. The van der Waals surface area contributed by atoms with Crippen LogP contribution < -0.4 is 10.6 Å². The molecule has 3 aromatic heterocycles. The molecule has 0 aliphatic heterocycles. The molecule has 0 unspecified atom stereocenters. The average molecular weight is 354 g/mol. The van der Waals surface area contributed by atoms with Crippen LogP contribution in [0.15, 0.2) is 23.7 Å². The third kappa shape index (κ3) is 3.58. The third-order valence-corrected chi connectivity index (χ3v) is 5.16. The summed E-state index contributed by atoms with van der Waals surface area (Å²) in [5, 5.41) is 8.55. The second-order valence-electron chi connectivity index (χ2n) is 6.17. The molecular formula is C17H18N6OS. The first-order chi connectivity index (χ1) is 12.2. The minimum Gasteiger partial charge on any atom is -0.335 e. The molecule has 0 radical (unpaired) electrons. The zero-order valence-electron chi connectivity index (χ0n) is 13.8. The smallest absolute Gasteiger partial charge is 0.320 e. The summed E-state index contributed by atoms with van der Waals surface area (Å²) < 4.78 is 0. The second-order valence-corrected chi connectivity index (χ2v) is 7.03. The van der Waals surface area contributed by atoms with Gasteiger partial charge in [0.2, 0.25) is 0 Å². The number of aryl methyl sites for hydroxylation is 1. The number of carbonyl (C=O) groups excluding carboxylic acids is 1. The Morgan fingerprint density at radius 1 is 1.20 bits per heavy atom. The average Bonchev–Trinajstić information content (AvgIpc) is 3.26. The van der Waals surface area contributed by atoms with Gasteiger partial charge >= 0.3 is 6.03 Å². The van der Waals surface area contributed by atoms with E-state index in [-0.39, 0.29) is 12.1 Å². The number of hydrogen-bond acceptors (Lipinski definition) is 6. The molecule has 1 saturated carbocycles. The molecule has 0 saturated heterocycles. The molecule has 3 aromatic rings. The molecule has 2 amide bonds. The van der Waals surface area contributed by atoms with Crippen LogP contribution in [0.5, 0.6) is 0 Å². The van der Waals surface area contributed by atoms with Crippen LogP contribution in [0.4, 0.5) is 10.6 Å². The van der Waals surface area contributed by atoms with Crippen molar-refractivity contribution in [1.82, 2.24) is 25.3 Å². The molecule has 1 aliphatic carbocycles. The van der Waals surface area contributed by atoms with Crippen LogP contribution in [0.25, 0.3) is 21.9 Å². The summed E-state index contributed by atoms with van der Waals surface area (Å²) in [7, 11) is 0. The number of anilines is 1. The maximum absolute atomic E-state index is 12.1. The molecule has 1 aliphatic rings. The van der Waals surface area contributed by atoms with Gasteiger partial charge in [-0.25, -0.2) is 19.7 Å². The van der Waals surface area contributed by atoms with Crippen molar-refractivity contribution in [2.24, 2.45) is 0 Å². The van der Waals surface area contributed by atoms with Crippen LogP contribution in [0.3, 0.4) is 0 Å². The lowest BCUT2D eigenvalue weighted by atomic mass is 10.2. The normalized spacial score (nSPS) is 14.8. The third-order valence-electron chi connectivity index (χ3n) is 4.18. The van der Waals surface area contributed by atoms with E-state index in [0.717, 1.165) is 23.5 Å². The monoisotopic (exact) mass is 354 g/mol. The summed E-state index contributed by atoms with van der Waals surface area (Å²) in [6.45, 7) is 1.94. The molecule has 25 heavy (non-hydrogen) atoms. The minimum atomic E-state index is -0.224. The van der Waals surface area contributed by atoms with E-state index in [1.165, 1.54) is 24.2 Å². The van der Waals surface area contributed by atoms with Crippen LogP contribution >= 0.6 is 11.3 Å². The Hall–Kier alpha value is -2.61. The van der Waals surface area contributed by atoms with Crippen LogP contribution in [0, 0.1) is 6.92 Å². The van der Waals surface area contributed by atoms with Gasteiger partial charge in [-0.3, -0.25) is 10.3 Å². The van der Waals surface area contributed by atoms with Crippen LogP contribution in [-0.4, -0.2) is 32.0 Å². The number of carbonyl (C=O) groups is 1. The number of nitrogens with one attached hydrogen (secondary N) is 2. The predicted molar refractivity (Wildman–Crippen MR) is 97.6 cm³/mol. The number of urea groups is 1. The number of hydrogen-bond donors (Lipinski definition) is 2. The topological polar surface area (TPSA) is 92.7 Å². The highest BCUT2D eigenvalue weighted by Crippen LogP contribution is 2.23. The lowest BCUT2D eigenvalue weighted by molar-refractivity contribution is 0.248. The van der Waals surface area contributed by atoms with Crippen LogP contribution in [0.2, 0.25) is 0 Å². The molecule has 1 fully saturated rings. The van der Waals surface area contributed by atoms with E-state index in [9.17, 15) is 4.79 Å². The van der Waals surface area contributed by atoms with Crippen molar-refractivity contribution < 1.29 is 4.79 Å². The quantitative estimate of drug-likeness (QED) is 0.751. The number of rotatable bonds is 3. The molecule has 0 spiro atoms. The largest absolute Gasteiger partial charge is 0.335 e. The van der Waals surface area contributed by atoms with Crippen molar-refractivity contribution in [2.45, 2.75) is 38.6 Å². The fraction of sp³-hybridized carbons (Fsp3) is 0.353. The molecule has 0 atom stereocenters. The van der Waals surface area contributed by atoms with E-state index < -0.39 is 0 Å². The Bertz CT molecular complexity index is 918. The molecule has 4 rings (SSSR count). The van der Waals surface area contributed by atoms with Gasteiger partial charge in [0, 0.05) is 17.1 Å². The van der Waals surface area contributed by atoms with E-state index in [0.29, 0.717) is 22.7 Å². The van der Waals surface area contributed by atoms with Gasteiger partial charge in [0.15, 0.2) is 5.65 Å². The highest BCUT2D eigenvalue weighted by atomic mass is 32.1. The summed E-state index contributed by atoms with van der Waals surface area (Å²) in [6.07, 6.45) is 6.13. The predicted octanol–water partition coefficient (Wildman–Crippen LogP) is 3.52. The van der Waals surface area contributed by atoms with Gasteiger partial charge in [0.25, 0.3) is 0 Å². The fourth-order valence-electron chi connectivity index (χ4n) is 2.95. The standard InChI is InChI=1S/C17H18N6OS/c1-10-9-25-16(19-10)13-8-18-12-6-7-14(22-15(12)21-13)23-17(24)20-11-4-2-3-5-11/h6-9,11H,2-5H2,1H3,(H2,20,21,22,23,24). The zero-order chi connectivity index (χ0) is 17.2. The van der Waals surface area contributed by atoms with E-state index in [1.54, 1.807) is 18.3 Å². The summed E-state index contributed by atoms with van der Waals surface area (Å²) in [6, 6.07) is 3.58. The van der Waals surface area contributed by atoms with Gasteiger partial charge in [-0.05, 0) is 31.9 Å². The highest BCUT2D eigenvalue weighted by molar-refractivity contribution is 7.13. The van der Waals surface area contributed by atoms with Gasteiger partial charge in [-0.1, -0.05) is 12.8 Å². The van der Waals surface area contributed by atoms with Crippen LogP contribution in [-0.2, 0) is 0 Å². The van der Waals surface area contributed by atoms with Crippen molar-refractivity contribution in [2.75, 3.05) is 5.32 Å². The summed E-state index contributed by atoms with van der Waals surface area (Å²) >= 11 is 1.52. The molecule has 8 heteroatoms. The minimum absolute atomic E-state index is 0.224. The van der Waals surface area contributed by atoms with Gasteiger partial charge in [-0.2, -0.15) is 0 Å². The lowest BCUT2D eigenvalue weighted by Gasteiger charge is -2.12. The van der Waals surface area contributed by atoms with Gasteiger partial charge in [0.05, 0.1) is 6.20 Å². The first-order valence-electron chi connectivity index (χ1n) is 8.31. The Morgan fingerprint density at radius 2 is 2.04 bits per heavy atom. The zero-order valence-corrected chi connectivity index (χ0v) is 14.6. The van der Waals surface area contributed by atoms with E-state index in [2.05, 4.69) is 30.6 Å². The Morgan fingerprint density at radius 3 is 2.80 bits per heavy atom. The van der Waals surface area contributed by atoms with Gasteiger partial charge in [-0.15, -0.1) is 11.3 Å². The molecule has 7 nitrogen and oxygen atoms in total. The lowest BCUT2D eigenvalue weighted by Crippen LogP contribution is -2.36. The number of pyridine rings is 1. The molecular weight excluding hydrogens is 336 g/mol. The molecule has 128 valence electrons. The van der Waals surface area contributed by atoms with Crippen LogP contribution in [0.1, 0.15) is 31.4 Å². The van der Waals surface area contributed by atoms with Crippen molar-refractivity contribution >= 4 is 34.3 Å². The van der Waals surface area contributed by atoms with Crippen molar-refractivity contribution in [3.8, 4) is 10.7 Å². The van der Waals surface area contributed by atoms with Crippen molar-refractivity contribution in [3.63, 3.8) is 0 Å². The Balaban J connectivity index is 1.54. The van der Waals surface area contributed by atoms with Crippen molar-refractivity contribution in [3.05, 3.63) is 29.4 Å². The number of aromatic nitrogens is 4. The molecule has 0 aromatic carbocycles. The number of amides is 2. The first-order valence-corrected chi connectivity index (χ1v) is 9.19. The fourth-order valence-corrected chi connectivity index (χ4v) is 3.70. The summed E-state index contributed by atoms with van der Waals surface area (Å²) in [5.41, 5.74) is 2.81.